The molecule has 0 radical (unpaired) electrons. The average molecular weight is 498 g/mol. The van der Waals surface area contributed by atoms with Crippen LogP contribution in [0.2, 0.25) is 20.1 Å². The summed E-state index contributed by atoms with van der Waals surface area (Å²) in [4.78, 5) is 0. The standard InChI is InChI=1S/C26H16Cl4N2/c27-17-5-1-15(2-6-17)25-21-11-9-19(29)13-23(21)32-26(25,16-3-7-18(28)8-4-16)22-12-10-20(30)14-24(22)31-25/h1-14,31-32H. The molecule has 0 amide bonds. The SMILES string of the molecule is Clc1ccc(C23Nc4cc(Cl)ccc4C2(c2ccc(Cl)cc2)Nc2cc(Cl)ccc23)cc1. The summed E-state index contributed by atoms with van der Waals surface area (Å²) in [6.45, 7) is 0. The molecular weight excluding hydrogens is 482 g/mol. The van der Waals surface area contributed by atoms with Gasteiger partial charge >= 0.3 is 0 Å². The molecule has 0 fully saturated rings. The molecule has 158 valence electrons. The van der Waals surface area contributed by atoms with Crippen molar-refractivity contribution in [3.63, 3.8) is 0 Å². The van der Waals surface area contributed by atoms with Crippen molar-refractivity contribution in [3.8, 4) is 0 Å². The lowest BCUT2D eigenvalue weighted by atomic mass is 9.66. The summed E-state index contributed by atoms with van der Waals surface area (Å²) in [6, 6.07) is 27.9. The minimum absolute atomic E-state index is 0.668. The highest BCUT2D eigenvalue weighted by molar-refractivity contribution is 6.31. The molecule has 2 N–H and O–H groups in total. The van der Waals surface area contributed by atoms with Crippen LogP contribution in [0.1, 0.15) is 22.3 Å². The molecule has 4 aromatic rings. The smallest absolute Gasteiger partial charge is 0.122 e. The maximum Gasteiger partial charge on any atom is 0.122 e. The van der Waals surface area contributed by atoms with Crippen molar-refractivity contribution in [2.75, 3.05) is 10.6 Å². The van der Waals surface area contributed by atoms with Gasteiger partial charge in [0.1, 0.15) is 11.1 Å². The van der Waals surface area contributed by atoms with Crippen molar-refractivity contribution in [2.45, 2.75) is 11.1 Å². The highest BCUT2D eigenvalue weighted by atomic mass is 35.5. The van der Waals surface area contributed by atoms with Gasteiger partial charge in [0.2, 0.25) is 0 Å². The quantitative estimate of drug-likeness (QED) is 0.290. The summed E-state index contributed by atoms with van der Waals surface area (Å²) >= 11 is 25.4. The molecule has 2 nitrogen and oxygen atoms in total. The fourth-order valence-electron chi connectivity index (χ4n) is 5.31. The number of hydrogen-bond donors (Lipinski definition) is 2. The minimum atomic E-state index is -0.668. The van der Waals surface area contributed by atoms with E-state index in [0.29, 0.717) is 20.1 Å². The molecule has 2 heterocycles. The van der Waals surface area contributed by atoms with Crippen LogP contribution in [0.3, 0.4) is 0 Å². The van der Waals surface area contributed by atoms with E-state index in [4.69, 9.17) is 46.4 Å². The van der Waals surface area contributed by atoms with Gasteiger partial charge in [-0.05, 0) is 59.7 Å². The highest BCUT2D eigenvalue weighted by Crippen LogP contribution is 2.64. The number of halogens is 4. The lowest BCUT2D eigenvalue weighted by molar-refractivity contribution is 0.439. The summed E-state index contributed by atoms with van der Waals surface area (Å²) in [5.74, 6) is 0. The zero-order chi connectivity index (χ0) is 22.1. The van der Waals surface area contributed by atoms with Gasteiger partial charge < -0.3 is 10.6 Å². The molecule has 2 aliphatic rings. The minimum Gasteiger partial charge on any atom is -0.369 e. The van der Waals surface area contributed by atoms with Gasteiger partial charge in [0.05, 0.1) is 0 Å². The third-order valence-corrected chi connectivity index (χ3v) is 7.51. The first-order chi connectivity index (χ1) is 15.4. The van der Waals surface area contributed by atoms with Crippen LogP contribution in [0.4, 0.5) is 11.4 Å². The maximum atomic E-state index is 6.41. The van der Waals surface area contributed by atoms with E-state index in [1.165, 1.54) is 0 Å². The van der Waals surface area contributed by atoms with Crippen molar-refractivity contribution in [3.05, 3.63) is 127 Å². The van der Waals surface area contributed by atoms with Gasteiger partial charge in [-0.1, -0.05) is 82.8 Å². The predicted octanol–water partition coefficient (Wildman–Crippen LogP) is 8.34. The van der Waals surface area contributed by atoms with Crippen molar-refractivity contribution in [1.29, 1.82) is 0 Å². The fourth-order valence-corrected chi connectivity index (χ4v) is 5.91. The Bertz CT molecular complexity index is 1260. The van der Waals surface area contributed by atoms with Crippen LogP contribution in [0.15, 0.2) is 84.9 Å². The molecule has 0 saturated heterocycles. The topological polar surface area (TPSA) is 24.1 Å². The Labute approximate surface area is 206 Å². The average Bonchev–Trinajstić information content (AvgIpc) is 3.21. The number of rotatable bonds is 2. The Kier molecular flexibility index (Phi) is 4.48. The lowest BCUT2D eigenvalue weighted by Crippen LogP contribution is -2.51. The predicted molar refractivity (Wildman–Crippen MR) is 135 cm³/mol. The van der Waals surface area contributed by atoms with Gasteiger partial charge in [-0.2, -0.15) is 0 Å². The van der Waals surface area contributed by atoms with Gasteiger partial charge in [0.15, 0.2) is 0 Å². The Morgan fingerprint density at radius 2 is 0.781 bits per heavy atom. The zero-order valence-electron chi connectivity index (χ0n) is 16.6. The van der Waals surface area contributed by atoms with E-state index in [-0.39, 0.29) is 0 Å². The van der Waals surface area contributed by atoms with Gasteiger partial charge in [0.25, 0.3) is 0 Å². The van der Waals surface area contributed by atoms with E-state index < -0.39 is 11.1 Å². The first kappa shape index (κ1) is 20.3. The largest absolute Gasteiger partial charge is 0.369 e. The van der Waals surface area contributed by atoms with Gasteiger partial charge in [0, 0.05) is 42.6 Å². The van der Waals surface area contributed by atoms with Crippen molar-refractivity contribution in [1.82, 2.24) is 0 Å². The first-order valence-electron chi connectivity index (χ1n) is 10.1. The molecule has 2 atom stereocenters. The molecule has 6 heteroatoms. The highest BCUT2D eigenvalue weighted by Gasteiger charge is 2.65. The normalized spacial score (nSPS) is 22.5. The van der Waals surface area contributed by atoms with Crippen LogP contribution in [0.25, 0.3) is 0 Å². The zero-order valence-corrected chi connectivity index (χ0v) is 19.6. The molecule has 2 aliphatic heterocycles. The Hall–Kier alpha value is -2.36. The van der Waals surface area contributed by atoms with Gasteiger partial charge in [-0.15, -0.1) is 0 Å². The second-order valence-electron chi connectivity index (χ2n) is 8.14. The van der Waals surface area contributed by atoms with E-state index in [1.54, 1.807) is 0 Å². The van der Waals surface area contributed by atoms with Crippen LogP contribution < -0.4 is 10.6 Å². The third-order valence-electron chi connectivity index (χ3n) is 6.53. The Morgan fingerprint density at radius 1 is 0.438 bits per heavy atom. The second kappa shape index (κ2) is 7.07. The number of nitrogens with one attached hydrogen (secondary N) is 2. The van der Waals surface area contributed by atoms with Crippen LogP contribution in [-0.2, 0) is 11.1 Å². The summed E-state index contributed by atoms with van der Waals surface area (Å²) < 4.78 is 0. The summed E-state index contributed by atoms with van der Waals surface area (Å²) in [6.07, 6.45) is 0. The molecule has 32 heavy (non-hydrogen) atoms. The molecule has 6 rings (SSSR count). The molecule has 0 bridgehead atoms. The molecule has 0 aliphatic carbocycles. The maximum absolute atomic E-state index is 6.41. The summed E-state index contributed by atoms with van der Waals surface area (Å²) in [7, 11) is 0. The second-order valence-corrected chi connectivity index (χ2v) is 9.89. The molecular formula is C26H16Cl4N2. The monoisotopic (exact) mass is 496 g/mol. The van der Waals surface area contributed by atoms with Crippen LogP contribution in [0, 0.1) is 0 Å². The van der Waals surface area contributed by atoms with Crippen molar-refractivity contribution >= 4 is 57.8 Å². The van der Waals surface area contributed by atoms with E-state index in [2.05, 4.69) is 47.0 Å². The van der Waals surface area contributed by atoms with Crippen LogP contribution >= 0.6 is 46.4 Å². The van der Waals surface area contributed by atoms with Gasteiger partial charge in [-0.25, -0.2) is 0 Å². The van der Waals surface area contributed by atoms with E-state index in [1.807, 2.05) is 48.5 Å². The van der Waals surface area contributed by atoms with Crippen LogP contribution in [0.5, 0.6) is 0 Å². The first-order valence-corrected chi connectivity index (χ1v) is 11.6. The fraction of sp³-hybridized carbons (Fsp3) is 0.0769. The summed E-state index contributed by atoms with van der Waals surface area (Å²) in [5, 5.41) is 10.4. The van der Waals surface area contributed by atoms with Crippen molar-refractivity contribution in [2.24, 2.45) is 0 Å². The Morgan fingerprint density at radius 3 is 1.16 bits per heavy atom. The molecule has 4 aromatic carbocycles. The molecule has 0 aromatic heterocycles. The number of fused-ring (bicyclic) bond motifs is 5. The molecule has 0 spiro atoms. The third kappa shape index (κ3) is 2.61. The number of hydrogen-bond acceptors (Lipinski definition) is 2. The number of anilines is 2. The van der Waals surface area contributed by atoms with Gasteiger partial charge in [-0.3, -0.25) is 0 Å². The van der Waals surface area contributed by atoms with Crippen LogP contribution in [-0.4, -0.2) is 0 Å². The molecule has 0 saturated carbocycles. The summed E-state index contributed by atoms with van der Waals surface area (Å²) in [5.41, 5.74) is 4.91. The van der Waals surface area contributed by atoms with E-state index in [9.17, 15) is 0 Å². The van der Waals surface area contributed by atoms with E-state index >= 15 is 0 Å². The number of benzene rings is 4. The van der Waals surface area contributed by atoms with Crippen molar-refractivity contribution < 1.29 is 0 Å². The molecule has 2 unspecified atom stereocenters. The lowest BCUT2D eigenvalue weighted by Gasteiger charge is -2.42. The Balaban J connectivity index is 1.76. The van der Waals surface area contributed by atoms with E-state index in [0.717, 1.165) is 33.6 Å².